The van der Waals surface area contributed by atoms with Crippen LogP contribution >= 0.6 is 0 Å². The average molecular weight is 219 g/mol. The van der Waals surface area contributed by atoms with Gasteiger partial charge in [0.1, 0.15) is 0 Å². The summed E-state index contributed by atoms with van der Waals surface area (Å²) in [6, 6.07) is 4.48. The maximum Gasteiger partial charge on any atom is 0.0354 e. The van der Waals surface area contributed by atoms with Crippen molar-refractivity contribution in [3.05, 3.63) is 28.8 Å². The smallest absolute Gasteiger partial charge is 0.0354 e. The van der Waals surface area contributed by atoms with Gasteiger partial charge in [-0.15, -0.1) is 0 Å². The van der Waals surface area contributed by atoms with Crippen LogP contribution in [0.3, 0.4) is 0 Å². The van der Waals surface area contributed by atoms with Crippen molar-refractivity contribution in [1.29, 1.82) is 0 Å². The lowest BCUT2D eigenvalue weighted by molar-refractivity contribution is 0.781. The average Bonchev–Trinajstić information content (AvgIpc) is 2.15. The largest absolute Gasteiger partial charge is 0.398 e. The molecule has 0 aliphatic rings. The van der Waals surface area contributed by atoms with Crippen molar-refractivity contribution in [3.8, 4) is 0 Å². The van der Waals surface area contributed by atoms with Crippen LogP contribution in [0, 0.1) is 0 Å². The van der Waals surface area contributed by atoms with E-state index in [9.17, 15) is 0 Å². The second-order valence-corrected chi connectivity index (χ2v) is 5.58. The lowest BCUT2D eigenvalue weighted by Gasteiger charge is -2.21. The summed E-state index contributed by atoms with van der Waals surface area (Å²) in [5.41, 5.74) is 11.3. The van der Waals surface area contributed by atoms with Crippen LogP contribution in [0.15, 0.2) is 12.1 Å². The third-order valence-corrected chi connectivity index (χ3v) is 3.13. The monoisotopic (exact) mass is 219 g/mol. The van der Waals surface area contributed by atoms with Crippen LogP contribution in [0.5, 0.6) is 0 Å². The summed E-state index contributed by atoms with van der Waals surface area (Å²) in [5.74, 6) is 1.58. The van der Waals surface area contributed by atoms with Gasteiger partial charge in [-0.05, 0) is 40.5 Å². The van der Waals surface area contributed by atoms with Gasteiger partial charge in [0.05, 0.1) is 0 Å². The first-order chi connectivity index (χ1) is 7.34. The standard InChI is InChI=1S/C15H25N/c1-9(2)12-7-13(10(3)4)15(11(5)6)14(16)8-12/h7-11H,16H2,1-6H3. The molecule has 1 rings (SSSR count). The molecule has 0 saturated heterocycles. The molecule has 0 aliphatic carbocycles. The van der Waals surface area contributed by atoms with E-state index in [0.29, 0.717) is 17.8 Å². The predicted molar refractivity (Wildman–Crippen MR) is 73.1 cm³/mol. The summed E-state index contributed by atoms with van der Waals surface area (Å²) >= 11 is 0. The van der Waals surface area contributed by atoms with Crippen molar-refractivity contribution in [1.82, 2.24) is 0 Å². The summed E-state index contributed by atoms with van der Waals surface area (Å²) in [5, 5.41) is 0. The Hall–Kier alpha value is -0.980. The van der Waals surface area contributed by atoms with Crippen molar-refractivity contribution in [2.75, 3.05) is 5.73 Å². The van der Waals surface area contributed by atoms with Crippen molar-refractivity contribution in [2.24, 2.45) is 0 Å². The van der Waals surface area contributed by atoms with E-state index in [1.54, 1.807) is 0 Å². The Morgan fingerprint density at radius 3 is 1.75 bits per heavy atom. The second kappa shape index (κ2) is 4.90. The molecular formula is C15H25N. The normalized spacial score (nSPS) is 11.8. The first kappa shape index (κ1) is 13.1. The molecule has 1 aromatic carbocycles. The minimum absolute atomic E-state index is 0.499. The molecule has 2 N–H and O–H groups in total. The number of benzene rings is 1. The van der Waals surface area contributed by atoms with E-state index in [4.69, 9.17) is 5.73 Å². The van der Waals surface area contributed by atoms with E-state index in [1.165, 1.54) is 16.7 Å². The molecule has 0 radical (unpaired) electrons. The van der Waals surface area contributed by atoms with E-state index >= 15 is 0 Å². The van der Waals surface area contributed by atoms with Crippen LogP contribution < -0.4 is 5.73 Å². The molecular weight excluding hydrogens is 194 g/mol. The minimum Gasteiger partial charge on any atom is -0.398 e. The van der Waals surface area contributed by atoms with Crippen LogP contribution in [0.4, 0.5) is 5.69 Å². The highest BCUT2D eigenvalue weighted by Gasteiger charge is 2.15. The molecule has 16 heavy (non-hydrogen) atoms. The molecule has 0 spiro atoms. The first-order valence-electron chi connectivity index (χ1n) is 6.27. The molecule has 0 heterocycles. The van der Waals surface area contributed by atoms with Crippen LogP contribution in [-0.2, 0) is 0 Å². The van der Waals surface area contributed by atoms with Gasteiger partial charge in [-0.2, -0.15) is 0 Å². The highest BCUT2D eigenvalue weighted by Crippen LogP contribution is 2.34. The quantitative estimate of drug-likeness (QED) is 0.736. The third kappa shape index (κ3) is 2.58. The molecule has 0 aromatic heterocycles. The van der Waals surface area contributed by atoms with Crippen molar-refractivity contribution >= 4 is 5.69 Å². The number of nitrogens with two attached hydrogens (primary N) is 1. The van der Waals surface area contributed by atoms with Gasteiger partial charge in [-0.3, -0.25) is 0 Å². The summed E-state index contributed by atoms with van der Waals surface area (Å²) < 4.78 is 0. The molecule has 90 valence electrons. The minimum atomic E-state index is 0.499. The second-order valence-electron chi connectivity index (χ2n) is 5.58. The van der Waals surface area contributed by atoms with Gasteiger partial charge in [0, 0.05) is 5.69 Å². The molecule has 0 atom stereocenters. The highest BCUT2D eigenvalue weighted by molar-refractivity contribution is 5.56. The molecule has 1 heteroatoms. The molecule has 0 unspecified atom stereocenters. The molecule has 0 aliphatic heterocycles. The zero-order chi connectivity index (χ0) is 12.5. The van der Waals surface area contributed by atoms with Gasteiger partial charge >= 0.3 is 0 Å². The van der Waals surface area contributed by atoms with Gasteiger partial charge in [-0.25, -0.2) is 0 Å². The van der Waals surface area contributed by atoms with E-state index in [1.807, 2.05) is 0 Å². The summed E-state index contributed by atoms with van der Waals surface area (Å²) in [6.07, 6.45) is 0. The number of nitrogen functional groups attached to an aromatic ring is 1. The number of hydrogen-bond acceptors (Lipinski definition) is 1. The van der Waals surface area contributed by atoms with Crippen LogP contribution in [0.25, 0.3) is 0 Å². The first-order valence-corrected chi connectivity index (χ1v) is 6.27. The predicted octanol–water partition coefficient (Wildman–Crippen LogP) is 4.64. The SMILES string of the molecule is CC(C)c1cc(N)c(C(C)C)c(C(C)C)c1. The van der Waals surface area contributed by atoms with Gasteiger partial charge in [-0.1, -0.05) is 47.6 Å². The Bertz CT molecular complexity index is 362. The van der Waals surface area contributed by atoms with Crippen molar-refractivity contribution in [3.63, 3.8) is 0 Å². The topological polar surface area (TPSA) is 26.0 Å². The fourth-order valence-corrected chi connectivity index (χ4v) is 2.20. The molecule has 0 saturated carbocycles. The maximum atomic E-state index is 6.20. The third-order valence-electron chi connectivity index (χ3n) is 3.13. The zero-order valence-corrected chi connectivity index (χ0v) is 11.5. The Labute approximate surface area is 100 Å². The van der Waals surface area contributed by atoms with Crippen molar-refractivity contribution < 1.29 is 0 Å². The lowest BCUT2D eigenvalue weighted by atomic mass is 9.86. The van der Waals surface area contributed by atoms with Gasteiger partial charge in [0.2, 0.25) is 0 Å². The summed E-state index contributed by atoms with van der Waals surface area (Å²) in [6.45, 7) is 13.3. The maximum absolute atomic E-state index is 6.20. The Kier molecular flexibility index (Phi) is 4.01. The zero-order valence-electron chi connectivity index (χ0n) is 11.5. The lowest BCUT2D eigenvalue weighted by Crippen LogP contribution is -2.06. The molecule has 0 fully saturated rings. The molecule has 0 bridgehead atoms. The fraction of sp³-hybridized carbons (Fsp3) is 0.600. The van der Waals surface area contributed by atoms with Gasteiger partial charge < -0.3 is 5.73 Å². The molecule has 1 aromatic rings. The van der Waals surface area contributed by atoms with Crippen LogP contribution in [-0.4, -0.2) is 0 Å². The van der Waals surface area contributed by atoms with E-state index in [0.717, 1.165) is 5.69 Å². The molecule has 0 amide bonds. The summed E-state index contributed by atoms with van der Waals surface area (Å²) in [4.78, 5) is 0. The number of anilines is 1. The van der Waals surface area contributed by atoms with Crippen LogP contribution in [0.2, 0.25) is 0 Å². The number of rotatable bonds is 3. The Morgan fingerprint density at radius 1 is 0.812 bits per heavy atom. The van der Waals surface area contributed by atoms with Gasteiger partial charge in [0.25, 0.3) is 0 Å². The van der Waals surface area contributed by atoms with E-state index in [-0.39, 0.29) is 0 Å². The Balaban J connectivity index is 3.39. The summed E-state index contributed by atoms with van der Waals surface area (Å²) in [7, 11) is 0. The van der Waals surface area contributed by atoms with Crippen LogP contribution in [0.1, 0.15) is 76.0 Å². The highest BCUT2D eigenvalue weighted by atomic mass is 14.6. The fourth-order valence-electron chi connectivity index (χ4n) is 2.20. The van der Waals surface area contributed by atoms with E-state index < -0.39 is 0 Å². The van der Waals surface area contributed by atoms with Crippen molar-refractivity contribution in [2.45, 2.75) is 59.3 Å². The molecule has 1 nitrogen and oxygen atoms in total. The Morgan fingerprint density at radius 2 is 1.38 bits per heavy atom. The van der Waals surface area contributed by atoms with Gasteiger partial charge in [0.15, 0.2) is 0 Å². The van der Waals surface area contributed by atoms with E-state index in [2.05, 4.69) is 53.7 Å². The number of hydrogen-bond donors (Lipinski definition) is 1.